The maximum absolute atomic E-state index is 10.3. The van der Waals surface area contributed by atoms with Crippen LogP contribution in [0, 0.1) is 0 Å². The molecule has 0 aliphatic carbocycles. The summed E-state index contributed by atoms with van der Waals surface area (Å²) in [6, 6.07) is 0. The first kappa shape index (κ1) is 24.6. The van der Waals surface area contributed by atoms with Gasteiger partial charge in [-0.05, 0) is 13.0 Å². The summed E-state index contributed by atoms with van der Waals surface area (Å²) in [7, 11) is 0. The first-order chi connectivity index (χ1) is 12.8. The zero-order valence-electron chi connectivity index (χ0n) is 15.3. The number of unbranched alkanes of at least 4 members (excludes halogenated alkanes) is 1. The molecule has 1 rings (SSSR count). The van der Waals surface area contributed by atoms with Gasteiger partial charge in [0.15, 0.2) is 6.29 Å². The molecule has 1 aliphatic rings. The summed E-state index contributed by atoms with van der Waals surface area (Å²) in [4.78, 5) is 0. The summed E-state index contributed by atoms with van der Waals surface area (Å²) in [6.45, 7) is 1.11. The average Bonchev–Trinajstić information content (AvgIpc) is 2.67. The van der Waals surface area contributed by atoms with E-state index < -0.39 is 68.3 Å². The summed E-state index contributed by atoms with van der Waals surface area (Å²) >= 11 is 0. The second-order valence-electron chi connectivity index (χ2n) is 6.66. The van der Waals surface area contributed by atoms with Gasteiger partial charge in [0.05, 0.1) is 19.3 Å². The minimum Gasteiger partial charge on any atom is -0.394 e. The number of nitrogens with one attached hydrogen (secondary N) is 1. The van der Waals surface area contributed by atoms with Crippen LogP contribution in [-0.4, -0.2) is 122 Å². The van der Waals surface area contributed by atoms with Gasteiger partial charge < -0.3 is 55.6 Å². The molecule has 1 heterocycles. The topological polar surface area (TPSA) is 192 Å². The van der Waals surface area contributed by atoms with Crippen molar-refractivity contribution in [1.82, 2.24) is 5.32 Å². The molecule has 1 aliphatic heterocycles. The Labute approximate surface area is 157 Å². The maximum atomic E-state index is 10.3. The Morgan fingerprint density at radius 3 is 2.22 bits per heavy atom. The largest absolute Gasteiger partial charge is 0.394 e. The highest BCUT2D eigenvalue weighted by Gasteiger charge is 2.46. The van der Waals surface area contributed by atoms with E-state index in [-0.39, 0.29) is 6.54 Å². The quantitative estimate of drug-likeness (QED) is 0.144. The predicted molar refractivity (Wildman–Crippen MR) is 91.5 cm³/mol. The molecule has 11 heteroatoms. The minimum atomic E-state index is -1.75. The summed E-state index contributed by atoms with van der Waals surface area (Å²) < 4.78 is 10.5. The Morgan fingerprint density at radius 2 is 1.67 bits per heavy atom. The normalized spacial score (nSPS) is 33.4. The molecule has 0 aromatic heterocycles. The lowest BCUT2D eigenvalue weighted by molar-refractivity contribution is -0.327. The molecule has 0 spiro atoms. The highest BCUT2D eigenvalue weighted by molar-refractivity contribution is 4.91. The highest BCUT2D eigenvalue weighted by Crippen LogP contribution is 2.24. The fourth-order valence-electron chi connectivity index (χ4n) is 2.73. The number of hydrogen-bond acceptors (Lipinski definition) is 11. The zero-order chi connectivity index (χ0) is 20.6. The molecule has 9 N–H and O–H groups in total. The molecule has 9 atom stereocenters. The van der Waals surface area contributed by atoms with Crippen molar-refractivity contribution in [3.63, 3.8) is 0 Å². The Kier molecular flexibility index (Phi) is 11.1. The van der Waals surface area contributed by atoms with Crippen molar-refractivity contribution in [2.45, 2.75) is 74.9 Å². The highest BCUT2D eigenvalue weighted by atomic mass is 16.7. The Morgan fingerprint density at radius 1 is 1.00 bits per heavy atom. The van der Waals surface area contributed by atoms with E-state index in [0.717, 1.165) is 12.8 Å². The van der Waals surface area contributed by atoms with Crippen LogP contribution in [-0.2, 0) is 9.47 Å². The number of aliphatic hydroxyl groups excluding tert-OH is 8. The molecule has 27 heavy (non-hydrogen) atoms. The van der Waals surface area contributed by atoms with Gasteiger partial charge in [-0.25, -0.2) is 0 Å². The molecule has 0 amide bonds. The molecule has 162 valence electrons. The SMILES string of the molecule is CCCCNCC(O)C(O)C(OC1OC(CO)C(O)C(O)C1O)C(O)CO. The van der Waals surface area contributed by atoms with E-state index in [0.29, 0.717) is 6.54 Å². The second-order valence-corrected chi connectivity index (χ2v) is 6.66. The second kappa shape index (κ2) is 12.2. The van der Waals surface area contributed by atoms with E-state index in [4.69, 9.17) is 9.47 Å². The zero-order valence-corrected chi connectivity index (χ0v) is 15.3. The molecule has 1 saturated heterocycles. The molecular weight excluding hydrogens is 366 g/mol. The summed E-state index contributed by atoms with van der Waals surface area (Å²) in [5, 5.41) is 81.2. The summed E-state index contributed by atoms with van der Waals surface area (Å²) in [5.41, 5.74) is 0. The first-order valence-electron chi connectivity index (χ1n) is 9.10. The van der Waals surface area contributed by atoms with Gasteiger partial charge in [0.2, 0.25) is 0 Å². The van der Waals surface area contributed by atoms with Crippen molar-refractivity contribution in [1.29, 1.82) is 0 Å². The molecule has 0 aromatic carbocycles. The van der Waals surface area contributed by atoms with Crippen LogP contribution in [0.2, 0.25) is 0 Å². The Hall–Kier alpha value is -0.440. The molecule has 0 radical (unpaired) electrons. The monoisotopic (exact) mass is 399 g/mol. The summed E-state index contributed by atoms with van der Waals surface area (Å²) in [5.74, 6) is 0. The average molecular weight is 399 g/mol. The third-order valence-electron chi connectivity index (χ3n) is 4.50. The van der Waals surface area contributed by atoms with Crippen molar-refractivity contribution in [2.24, 2.45) is 0 Å². The van der Waals surface area contributed by atoms with Crippen molar-refractivity contribution < 1.29 is 50.3 Å². The smallest absolute Gasteiger partial charge is 0.187 e. The van der Waals surface area contributed by atoms with Crippen molar-refractivity contribution in [2.75, 3.05) is 26.3 Å². The molecule has 9 unspecified atom stereocenters. The van der Waals surface area contributed by atoms with Gasteiger partial charge >= 0.3 is 0 Å². The van der Waals surface area contributed by atoms with Gasteiger partial charge in [-0.2, -0.15) is 0 Å². The van der Waals surface area contributed by atoms with E-state index in [9.17, 15) is 40.9 Å². The van der Waals surface area contributed by atoms with Gasteiger partial charge in [0, 0.05) is 6.54 Å². The Balaban J connectivity index is 2.78. The fourth-order valence-corrected chi connectivity index (χ4v) is 2.73. The van der Waals surface area contributed by atoms with Gasteiger partial charge in [0.1, 0.15) is 42.7 Å². The molecule has 0 saturated carbocycles. The third-order valence-corrected chi connectivity index (χ3v) is 4.50. The number of rotatable bonds is 12. The lowest BCUT2D eigenvalue weighted by atomic mass is 9.98. The van der Waals surface area contributed by atoms with Crippen molar-refractivity contribution >= 4 is 0 Å². The van der Waals surface area contributed by atoms with Gasteiger partial charge in [-0.3, -0.25) is 0 Å². The van der Waals surface area contributed by atoms with Crippen LogP contribution in [0.3, 0.4) is 0 Å². The molecular formula is C16H33NO10. The lowest BCUT2D eigenvalue weighted by Gasteiger charge is -2.42. The predicted octanol–water partition coefficient (Wildman–Crippen LogP) is -4.36. The number of hydrogen-bond donors (Lipinski definition) is 9. The maximum Gasteiger partial charge on any atom is 0.187 e. The van der Waals surface area contributed by atoms with E-state index in [1.807, 2.05) is 6.92 Å². The van der Waals surface area contributed by atoms with Gasteiger partial charge in [-0.1, -0.05) is 13.3 Å². The molecule has 0 bridgehead atoms. The third kappa shape index (κ3) is 6.84. The number of ether oxygens (including phenoxy) is 2. The van der Waals surface area contributed by atoms with E-state index in [1.54, 1.807) is 0 Å². The van der Waals surface area contributed by atoms with Crippen molar-refractivity contribution in [3.05, 3.63) is 0 Å². The van der Waals surface area contributed by atoms with E-state index >= 15 is 0 Å². The first-order valence-corrected chi connectivity index (χ1v) is 9.10. The standard InChI is InChI=1S/C16H33NO10/c1-2-3-4-17-5-8(20)11(22)15(9(21)6-18)27-16-14(25)13(24)12(23)10(7-19)26-16/h8-25H,2-7H2,1H3. The van der Waals surface area contributed by atoms with Crippen LogP contribution in [0.4, 0.5) is 0 Å². The van der Waals surface area contributed by atoms with Crippen LogP contribution < -0.4 is 5.32 Å². The van der Waals surface area contributed by atoms with E-state index in [2.05, 4.69) is 5.32 Å². The van der Waals surface area contributed by atoms with Crippen LogP contribution >= 0.6 is 0 Å². The summed E-state index contributed by atoms with van der Waals surface area (Å²) in [6.07, 6.45) is -12.3. The van der Waals surface area contributed by atoms with Crippen LogP contribution in [0.5, 0.6) is 0 Å². The lowest BCUT2D eigenvalue weighted by Crippen LogP contribution is -2.61. The van der Waals surface area contributed by atoms with Crippen LogP contribution in [0.15, 0.2) is 0 Å². The van der Waals surface area contributed by atoms with Crippen LogP contribution in [0.25, 0.3) is 0 Å². The molecule has 0 aromatic rings. The van der Waals surface area contributed by atoms with Gasteiger partial charge in [0.25, 0.3) is 0 Å². The fraction of sp³-hybridized carbons (Fsp3) is 1.00. The molecule has 1 fully saturated rings. The van der Waals surface area contributed by atoms with E-state index in [1.165, 1.54) is 0 Å². The van der Waals surface area contributed by atoms with Crippen molar-refractivity contribution in [3.8, 4) is 0 Å². The Bertz CT molecular complexity index is 401. The van der Waals surface area contributed by atoms with Gasteiger partial charge in [-0.15, -0.1) is 0 Å². The van der Waals surface area contributed by atoms with Crippen LogP contribution in [0.1, 0.15) is 19.8 Å². The number of aliphatic hydroxyl groups is 8. The minimum absolute atomic E-state index is 0.00609. The molecule has 11 nitrogen and oxygen atoms in total.